The van der Waals surface area contributed by atoms with E-state index in [0.29, 0.717) is 6.67 Å². The zero-order chi connectivity index (χ0) is 13.1. The fourth-order valence-electron chi connectivity index (χ4n) is 1.82. The van der Waals surface area contributed by atoms with Gasteiger partial charge in [-0.1, -0.05) is 32.9 Å². The first-order valence-corrected chi connectivity index (χ1v) is 5.94. The zero-order valence-corrected chi connectivity index (χ0v) is 11.6. The van der Waals surface area contributed by atoms with Crippen LogP contribution < -0.4 is 10.5 Å². The lowest BCUT2D eigenvalue weighted by atomic mass is 9.85. The minimum atomic E-state index is 0.0860. The summed E-state index contributed by atoms with van der Waals surface area (Å²) in [5, 5.41) is 0. The van der Waals surface area contributed by atoms with Crippen molar-refractivity contribution in [2.24, 2.45) is 5.73 Å². The van der Waals surface area contributed by atoms with Crippen LogP contribution in [0.2, 0.25) is 0 Å². The van der Waals surface area contributed by atoms with E-state index < -0.39 is 0 Å². The van der Waals surface area contributed by atoms with Gasteiger partial charge in [0.15, 0.2) is 0 Å². The highest BCUT2D eigenvalue weighted by Gasteiger charge is 2.19. The molecule has 0 radical (unpaired) electrons. The highest BCUT2D eigenvalue weighted by molar-refractivity contribution is 5.41. The Morgan fingerprint density at radius 3 is 2.41 bits per heavy atom. The summed E-state index contributed by atoms with van der Waals surface area (Å²) in [6.45, 7) is 8.02. The molecule has 0 heterocycles. The van der Waals surface area contributed by atoms with Gasteiger partial charge < -0.3 is 10.5 Å². The van der Waals surface area contributed by atoms with Crippen LogP contribution in [0.4, 0.5) is 0 Å². The van der Waals surface area contributed by atoms with E-state index >= 15 is 0 Å². The van der Waals surface area contributed by atoms with Crippen molar-refractivity contribution in [1.29, 1.82) is 0 Å². The molecule has 0 aliphatic heterocycles. The lowest BCUT2D eigenvalue weighted by Crippen LogP contribution is -2.25. The Kier molecular flexibility index (Phi) is 4.54. The first kappa shape index (κ1) is 14.0. The molecule has 0 bridgehead atoms. The molecule has 1 aromatic rings. The van der Waals surface area contributed by atoms with E-state index in [2.05, 4.69) is 37.8 Å². The second kappa shape index (κ2) is 5.52. The standard InChI is InChI=1S/C14H24N2O/c1-14(2,3)12-8-11(9-16(4)10-15)6-7-13(12)17-5/h6-8H,9-10,15H2,1-5H3. The minimum Gasteiger partial charge on any atom is -0.496 e. The Morgan fingerprint density at radius 1 is 1.29 bits per heavy atom. The van der Waals surface area contributed by atoms with Crippen molar-refractivity contribution >= 4 is 0 Å². The van der Waals surface area contributed by atoms with E-state index in [1.165, 1.54) is 11.1 Å². The van der Waals surface area contributed by atoms with Crippen molar-refractivity contribution in [3.05, 3.63) is 29.3 Å². The number of hydrogen-bond donors (Lipinski definition) is 1. The SMILES string of the molecule is COc1ccc(CN(C)CN)cc1C(C)(C)C. The maximum absolute atomic E-state index is 5.60. The molecule has 1 rings (SSSR count). The third kappa shape index (κ3) is 3.72. The molecular weight excluding hydrogens is 212 g/mol. The molecule has 0 spiro atoms. The Balaban J connectivity index is 3.05. The average molecular weight is 236 g/mol. The Bertz CT molecular complexity index is 369. The number of ether oxygens (including phenoxy) is 1. The van der Waals surface area contributed by atoms with E-state index in [4.69, 9.17) is 10.5 Å². The van der Waals surface area contributed by atoms with E-state index in [9.17, 15) is 0 Å². The second-order valence-corrected chi connectivity index (χ2v) is 5.48. The molecule has 0 aliphatic rings. The van der Waals surface area contributed by atoms with Crippen LogP contribution in [0.1, 0.15) is 31.9 Å². The van der Waals surface area contributed by atoms with Gasteiger partial charge in [-0.15, -0.1) is 0 Å². The molecule has 0 fully saturated rings. The van der Waals surface area contributed by atoms with Crippen LogP contribution in [0.5, 0.6) is 5.75 Å². The van der Waals surface area contributed by atoms with Gasteiger partial charge in [-0.05, 0) is 29.7 Å². The third-order valence-corrected chi connectivity index (χ3v) is 2.84. The molecule has 3 heteroatoms. The predicted octanol–water partition coefficient (Wildman–Crippen LogP) is 2.34. The van der Waals surface area contributed by atoms with Gasteiger partial charge in [0.05, 0.1) is 7.11 Å². The summed E-state index contributed by atoms with van der Waals surface area (Å²) in [6.07, 6.45) is 0. The monoisotopic (exact) mass is 236 g/mol. The summed E-state index contributed by atoms with van der Waals surface area (Å²) in [7, 11) is 3.73. The quantitative estimate of drug-likeness (QED) is 0.816. The van der Waals surface area contributed by atoms with Crippen molar-refractivity contribution in [2.75, 3.05) is 20.8 Å². The van der Waals surface area contributed by atoms with Crippen molar-refractivity contribution in [3.8, 4) is 5.75 Å². The van der Waals surface area contributed by atoms with Crippen molar-refractivity contribution in [2.45, 2.75) is 32.7 Å². The topological polar surface area (TPSA) is 38.5 Å². The summed E-state index contributed by atoms with van der Waals surface area (Å²) in [5.41, 5.74) is 8.19. The van der Waals surface area contributed by atoms with Crippen molar-refractivity contribution in [1.82, 2.24) is 4.90 Å². The van der Waals surface area contributed by atoms with Crippen LogP contribution in [0, 0.1) is 0 Å². The second-order valence-electron chi connectivity index (χ2n) is 5.48. The maximum Gasteiger partial charge on any atom is 0.122 e. The smallest absolute Gasteiger partial charge is 0.122 e. The lowest BCUT2D eigenvalue weighted by Gasteiger charge is -2.24. The van der Waals surface area contributed by atoms with Crippen LogP contribution in [0.3, 0.4) is 0 Å². The molecule has 1 aromatic carbocycles. The summed E-state index contributed by atoms with van der Waals surface area (Å²) >= 11 is 0. The van der Waals surface area contributed by atoms with Crippen LogP contribution in [-0.2, 0) is 12.0 Å². The van der Waals surface area contributed by atoms with Gasteiger partial charge in [0, 0.05) is 13.2 Å². The first-order chi connectivity index (χ1) is 7.88. The number of hydrogen-bond acceptors (Lipinski definition) is 3. The number of methoxy groups -OCH3 is 1. The Hall–Kier alpha value is -1.06. The summed E-state index contributed by atoms with van der Waals surface area (Å²) in [4.78, 5) is 2.08. The minimum absolute atomic E-state index is 0.0860. The first-order valence-electron chi connectivity index (χ1n) is 5.94. The molecule has 0 aromatic heterocycles. The Morgan fingerprint density at radius 2 is 1.94 bits per heavy atom. The fourth-order valence-corrected chi connectivity index (χ4v) is 1.82. The highest BCUT2D eigenvalue weighted by Crippen LogP contribution is 2.32. The number of rotatable bonds is 4. The molecule has 0 atom stereocenters. The molecule has 3 nitrogen and oxygen atoms in total. The maximum atomic E-state index is 5.60. The normalized spacial score (nSPS) is 11.9. The van der Waals surface area contributed by atoms with Crippen LogP contribution in [0.15, 0.2) is 18.2 Å². The van der Waals surface area contributed by atoms with E-state index in [1.807, 2.05) is 13.1 Å². The van der Waals surface area contributed by atoms with Gasteiger partial charge in [0.2, 0.25) is 0 Å². The van der Waals surface area contributed by atoms with Gasteiger partial charge in [0.1, 0.15) is 5.75 Å². The average Bonchev–Trinajstić information content (AvgIpc) is 2.27. The van der Waals surface area contributed by atoms with E-state index in [-0.39, 0.29) is 5.41 Å². The van der Waals surface area contributed by atoms with Crippen molar-refractivity contribution in [3.63, 3.8) is 0 Å². The molecule has 96 valence electrons. The van der Waals surface area contributed by atoms with Crippen LogP contribution in [-0.4, -0.2) is 25.7 Å². The van der Waals surface area contributed by atoms with E-state index in [0.717, 1.165) is 12.3 Å². The van der Waals surface area contributed by atoms with Gasteiger partial charge in [-0.2, -0.15) is 0 Å². The summed E-state index contributed by atoms with van der Waals surface area (Å²) < 4.78 is 5.42. The highest BCUT2D eigenvalue weighted by atomic mass is 16.5. The molecule has 0 saturated heterocycles. The zero-order valence-electron chi connectivity index (χ0n) is 11.6. The molecule has 2 N–H and O–H groups in total. The molecule has 0 amide bonds. The van der Waals surface area contributed by atoms with Gasteiger partial charge in [-0.3, -0.25) is 4.90 Å². The molecule has 0 unspecified atom stereocenters. The van der Waals surface area contributed by atoms with Gasteiger partial charge in [-0.25, -0.2) is 0 Å². The molecule has 0 aliphatic carbocycles. The number of benzene rings is 1. The third-order valence-electron chi connectivity index (χ3n) is 2.84. The number of nitrogens with zero attached hydrogens (tertiary/aromatic N) is 1. The van der Waals surface area contributed by atoms with E-state index in [1.54, 1.807) is 7.11 Å². The summed E-state index contributed by atoms with van der Waals surface area (Å²) in [6, 6.07) is 6.35. The fraction of sp³-hybridized carbons (Fsp3) is 0.571. The Labute approximate surface area is 105 Å². The molecular formula is C14H24N2O. The lowest BCUT2D eigenvalue weighted by molar-refractivity contribution is 0.336. The van der Waals surface area contributed by atoms with Gasteiger partial charge in [0.25, 0.3) is 0 Å². The molecule has 17 heavy (non-hydrogen) atoms. The molecule has 0 saturated carbocycles. The largest absolute Gasteiger partial charge is 0.496 e. The van der Waals surface area contributed by atoms with Crippen molar-refractivity contribution < 1.29 is 4.74 Å². The van der Waals surface area contributed by atoms with Crippen LogP contribution in [0.25, 0.3) is 0 Å². The predicted molar refractivity (Wildman–Crippen MR) is 72.2 cm³/mol. The summed E-state index contributed by atoms with van der Waals surface area (Å²) in [5.74, 6) is 0.955. The van der Waals surface area contributed by atoms with Crippen LogP contribution >= 0.6 is 0 Å². The van der Waals surface area contributed by atoms with Gasteiger partial charge >= 0.3 is 0 Å². The number of nitrogens with two attached hydrogens (primary N) is 1.